The molecule has 0 bridgehead atoms. The van der Waals surface area contributed by atoms with Crippen LogP contribution in [0.15, 0.2) is 24.3 Å². The van der Waals surface area contributed by atoms with Gasteiger partial charge in [-0.3, -0.25) is 4.79 Å². The summed E-state index contributed by atoms with van der Waals surface area (Å²) in [6, 6.07) is 9.85. The zero-order valence-electron chi connectivity index (χ0n) is 9.87. The zero-order chi connectivity index (χ0) is 11.6. The van der Waals surface area contributed by atoms with E-state index in [1.807, 2.05) is 0 Å². The number of rotatable bonds is 7. The first kappa shape index (κ1) is 12.8. The van der Waals surface area contributed by atoms with Gasteiger partial charge in [0, 0.05) is 6.42 Å². The fourth-order valence-corrected chi connectivity index (χ4v) is 1.50. The van der Waals surface area contributed by atoms with E-state index in [-0.39, 0.29) is 5.97 Å². The highest BCUT2D eigenvalue weighted by Gasteiger charge is 2.03. The van der Waals surface area contributed by atoms with Crippen molar-refractivity contribution in [2.45, 2.75) is 45.4 Å². The normalized spacial score (nSPS) is 10.1. The summed E-state index contributed by atoms with van der Waals surface area (Å²) in [6.07, 6.45) is 6.25. The van der Waals surface area contributed by atoms with Crippen molar-refractivity contribution >= 4 is 5.97 Å². The van der Waals surface area contributed by atoms with Crippen LogP contribution in [0.4, 0.5) is 0 Å². The fourth-order valence-electron chi connectivity index (χ4n) is 1.50. The van der Waals surface area contributed by atoms with E-state index in [0.29, 0.717) is 12.2 Å². The third-order valence-electron chi connectivity index (χ3n) is 2.40. The molecule has 0 aliphatic rings. The second kappa shape index (κ2) is 7.91. The van der Waals surface area contributed by atoms with Crippen molar-refractivity contribution in [3.05, 3.63) is 30.3 Å². The van der Waals surface area contributed by atoms with E-state index in [2.05, 4.69) is 13.0 Å². The smallest absolute Gasteiger partial charge is 0.311 e. The lowest BCUT2D eigenvalue weighted by Gasteiger charge is -2.03. The average molecular weight is 219 g/mol. The van der Waals surface area contributed by atoms with Crippen molar-refractivity contribution in [3.63, 3.8) is 0 Å². The Balaban J connectivity index is 2.12. The Hall–Kier alpha value is -1.31. The molecule has 1 rings (SSSR count). The monoisotopic (exact) mass is 219 g/mol. The number of ether oxygens (including phenoxy) is 1. The Bertz CT molecular complexity index is 293. The molecule has 0 aliphatic carbocycles. The van der Waals surface area contributed by atoms with E-state index < -0.39 is 0 Å². The third kappa shape index (κ3) is 5.54. The molecule has 0 aliphatic heterocycles. The van der Waals surface area contributed by atoms with Gasteiger partial charge in [-0.15, -0.1) is 0 Å². The lowest BCUT2D eigenvalue weighted by molar-refractivity contribution is -0.134. The maximum absolute atomic E-state index is 11.4. The lowest BCUT2D eigenvalue weighted by Crippen LogP contribution is -2.07. The molecule has 0 aromatic heterocycles. The molecule has 0 atom stereocenters. The first-order valence-corrected chi connectivity index (χ1v) is 5.99. The van der Waals surface area contributed by atoms with Crippen LogP contribution < -0.4 is 4.74 Å². The van der Waals surface area contributed by atoms with Crippen LogP contribution in [0.25, 0.3) is 0 Å². The molecule has 0 unspecified atom stereocenters. The van der Waals surface area contributed by atoms with Gasteiger partial charge in [0.2, 0.25) is 0 Å². The van der Waals surface area contributed by atoms with Crippen molar-refractivity contribution in [2.75, 3.05) is 0 Å². The Morgan fingerprint density at radius 1 is 1.19 bits per heavy atom. The maximum Gasteiger partial charge on any atom is 0.311 e. The van der Waals surface area contributed by atoms with Crippen LogP contribution in [0.1, 0.15) is 45.4 Å². The predicted molar refractivity (Wildman–Crippen MR) is 64.3 cm³/mol. The number of carbonyl (C=O) groups is 1. The largest absolute Gasteiger partial charge is 0.427 e. The number of carbonyl (C=O) groups excluding carboxylic acids is 1. The summed E-state index contributed by atoms with van der Waals surface area (Å²) in [5, 5.41) is 0. The van der Waals surface area contributed by atoms with Crippen molar-refractivity contribution in [1.82, 2.24) is 0 Å². The molecule has 0 amide bonds. The van der Waals surface area contributed by atoms with Crippen molar-refractivity contribution in [2.24, 2.45) is 0 Å². The Kier molecular flexibility index (Phi) is 6.31. The van der Waals surface area contributed by atoms with E-state index in [4.69, 9.17) is 4.74 Å². The number of unbranched alkanes of at least 4 members (excludes halogenated alkanes) is 4. The standard InChI is InChI=1S/C14H19O2/c1-2-3-4-5-9-12-14(15)16-13-10-7-6-8-11-13/h7-8,10-11H,2-5,9,12H2,1H3. The molecule has 0 saturated carbocycles. The van der Waals surface area contributed by atoms with Gasteiger partial charge in [0.1, 0.15) is 5.75 Å². The van der Waals surface area contributed by atoms with Gasteiger partial charge < -0.3 is 4.74 Å². The highest BCUT2D eigenvalue weighted by Crippen LogP contribution is 2.11. The van der Waals surface area contributed by atoms with Crippen LogP contribution in [0, 0.1) is 6.07 Å². The summed E-state index contributed by atoms with van der Waals surface area (Å²) in [5.74, 6) is 0.472. The van der Waals surface area contributed by atoms with Gasteiger partial charge in [-0.2, -0.15) is 0 Å². The van der Waals surface area contributed by atoms with Gasteiger partial charge in [0.25, 0.3) is 0 Å². The first-order valence-electron chi connectivity index (χ1n) is 5.99. The van der Waals surface area contributed by atoms with E-state index >= 15 is 0 Å². The van der Waals surface area contributed by atoms with Gasteiger partial charge in [-0.05, 0) is 24.6 Å². The Morgan fingerprint density at radius 3 is 2.56 bits per heavy atom. The molecule has 2 nitrogen and oxygen atoms in total. The number of hydrogen-bond donors (Lipinski definition) is 0. The van der Waals surface area contributed by atoms with E-state index in [0.717, 1.165) is 12.8 Å². The molecule has 1 aromatic carbocycles. The third-order valence-corrected chi connectivity index (χ3v) is 2.40. The quantitative estimate of drug-likeness (QED) is 0.396. The molecule has 0 fully saturated rings. The summed E-state index contributed by atoms with van der Waals surface area (Å²) < 4.78 is 5.16. The molecule has 1 aromatic rings. The van der Waals surface area contributed by atoms with Crippen LogP contribution in [0.3, 0.4) is 0 Å². The predicted octanol–water partition coefficient (Wildman–Crippen LogP) is 3.75. The minimum Gasteiger partial charge on any atom is -0.427 e. The van der Waals surface area contributed by atoms with E-state index in [9.17, 15) is 4.79 Å². The fraction of sp³-hybridized carbons (Fsp3) is 0.500. The molecule has 0 saturated heterocycles. The minimum atomic E-state index is -0.136. The first-order chi connectivity index (χ1) is 7.83. The van der Waals surface area contributed by atoms with Gasteiger partial charge in [0.05, 0.1) is 0 Å². The van der Waals surface area contributed by atoms with Crippen LogP contribution in [-0.4, -0.2) is 5.97 Å². The SMILES string of the molecule is CCCCCCCC(=O)Oc1cc[c]cc1. The zero-order valence-corrected chi connectivity index (χ0v) is 9.87. The highest BCUT2D eigenvalue weighted by atomic mass is 16.5. The van der Waals surface area contributed by atoms with Crippen molar-refractivity contribution < 1.29 is 9.53 Å². The highest BCUT2D eigenvalue weighted by molar-refractivity contribution is 5.72. The summed E-state index contributed by atoms with van der Waals surface area (Å²) in [5.41, 5.74) is 0. The van der Waals surface area contributed by atoms with Crippen LogP contribution in [0.5, 0.6) is 5.75 Å². The second-order valence-corrected chi connectivity index (χ2v) is 3.87. The van der Waals surface area contributed by atoms with Crippen LogP contribution in [-0.2, 0) is 4.79 Å². The minimum absolute atomic E-state index is 0.136. The molecule has 16 heavy (non-hydrogen) atoms. The Labute approximate surface area is 97.6 Å². The molecule has 0 N–H and O–H groups in total. The number of esters is 1. The van der Waals surface area contributed by atoms with Crippen LogP contribution in [0.2, 0.25) is 0 Å². The second-order valence-electron chi connectivity index (χ2n) is 3.87. The molecular weight excluding hydrogens is 200 g/mol. The Morgan fingerprint density at radius 2 is 1.88 bits per heavy atom. The lowest BCUT2D eigenvalue weighted by atomic mass is 10.1. The molecule has 87 valence electrons. The summed E-state index contributed by atoms with van der Waals surface area (Å²) in [4.78, 5) is 11.4. The maximum atomic E-state index is 11.4. The molecule has 1 radical (unpaired) electrons. The number of hydrogen-bond acceptors (Lipinski definition) is 2. The topological polar surface area (TPSA) is 26.3 Å². The summed E-state index contributed by atoms with van der Waals surface area (Å²) in [7, 11) is 0. The van der Waals surface area contributed by atoms with Gasteiger partial charge >= 0.3 is 5.97 Å². The molecular formula is C14H19O2. The van der Waals surface area contributed by atoms with Crippen molar-refractivity contribution in [1.29, 1.82) is 0 Å². The molecule has 0 heterocycles. The van der Waals surface area contributed by atoms with Crippen molar-refractivity contribution in [3.8, 4) is 5.75 Å². The van der Waals surface area contributed by atoms with E-state index in [1.165, 1.54) is 19.3 Å². The summed E-state index contributed by atoms with van der Waals surface area (Å²) in [6.45, 7) is 2.18. The average Bonchev–Trinajstić information content (AvgIpc) is 2.30. The van der Waals surface area contributed by atoms with Gasteiger partial charge in [-0.25, -0.2) is 0 Å². The molecule has 2 heteroatoms. The summed E-state index contributed by atoms with van der Waals surface area (Å²) >= 11 is 0. The van der Waals surface area contributed by atoms with Crippen LogP contribution >= 0.6 is 0 Å². The van der Waals surface area contributed by atoms with E-state index in [1.54, 1.807) is 24.3 Å². The number of benzene rings is 1. The van der Waals surface area contributed by atoms with Gasteiger partial charge in [0.15, 0.2) is 0 Å². The van der Waals surface area contributed by atoms with Gasteiger partial charge in [-0.1, -0.05) is 44.7 Å². The molecule has 0 spiro atoms.